The third-order valence-electron chi connectivity index (χ3n) is 5.77. The normalized spacial score (nSPS) is 32.1. The second-order valence-electron chi connectivity index (χ2n) is 7.18. The number of hydrogen-bond acceptors (Lipinski definition) is 4. The molecule has 1 aromatic rings. The number of likely N-dealkylation sites (tertiary alicyclic amines) is 1. The van der Waals surface area contributed by atoms with E-state index < -0.39 is 5.97 Å². The molecule has 2 heterocycles. The van der Waals surface area contributed by atoms with E-state index in [1.54, 1.807) is 0 Å². The average Bonchev–Trinajstić information content (AvgIpc) is 3.19. The molecule has 3 fully saturated rings. The van der Waals surface area contributed by atoms with Crippen LogP contribution in [0.3, 0.4) is 0 Å². The second kappa shape index (κ2) is 5.33. The first-order valence-electron chi connectivity index (χ1n) is 8.52. The number of aromatic nitrogens is 3. The van der Waals surface area contributed by atoms with Crippen LogP contribution in [-0.2, 0) is 18.4 Å². The molecule has 1 saturated heterocycles. The van der Waals surface area contributed by atoms with Crippen LogP contribution in [0.2, 0.25) is 0 Å². The molecule has 22 heavy (non-hydrogen) atoms. The highest BCUT2D eigenvalue weighted by molar-refractivity contribution is 5.74. The molecule has 3 aliphatic rings. The maximum absolute atomic E-state index is 11.7. The second-order valence-corrected chi connectivity index (χ2v) is 7.18. The zero-order chi connectivity index (χ0) is 15.3. The minimum Gasteiger partial charge on any atom is -0.480 e. The number of rotatable bonds is 4. The minimum atomic E-state index is -0.681. The van der Waals surface area contributed by atoms with E-state index in [0.29, 0.717) is 24.4 Å². The predicted octanol–water partition coefficient (Wildman–Crippen LogP) is 1.91. The van der Waals surface area contributed by atoms with Gasteiger partial charge in [0.15, 0.2) is 0 Å². The lowest BCUT2D eigenvalue weighted by Crippen LogP contribution is -2.42. The van der Waals surface area contributed by atoms with Crippen LogP contribution < -0.4 is 0 Å². The van der Waals surface area contributed by atoms with Crippen LogP contribution in [-0.4, -0.2) is 42.8 Å². The Hall–Kier alpha value is -1.43. The van der Waals surface area contributed by atoms with E-state index >= 15 is 0 Å². The molecular weight excluding hydrogens is 280 g/mol. The molecule has 0 bridgehead atoms. The minimum absolute atomic E-state index is 0.353. The number of carbonyl (C=O) groups is 1. The van der Waals surface area contributed by atoms with Crippen molar-refractivity contribution in [3.05, 3.63) is 11.6 Å². The van der Waals surface area contributed by atoms with Crippen molar-refractivity contribution < 1.29 is 9.90 Å². The van der Waals surface area contributed by atoms with Gasteiger partial charge in [0.25, 0.3) is 0 Å². The third-order valence-corrected chi connectivity index (χ3v) is 5.77. The van der Waals surface area contributed by atoms with Gasteiger partial charge >= 0.3 is 5.97 Å². The fraction of sp³-hybridized carbons (Fsp3) is 0.812. The summed E-state index contributed by atoms with van der Waals surface area (Å²) in [5.41, 5.74) is 0. The van der Waals surface area contributed by atoms with Crippen LogP contribution in [0.25, 0.3) is 0 Å². The molecule has 0 amide bonds. The van der Waals surface area contributed by atoms with Gasteiger partial charge in [-0.1, -0.05) is 12.8 Å². The van der Waals surface area contributed by atoms with Gasteiger partial charge < -0.3 is 9.67 Å². The quantitative estimate of drug-likeness (QED) is 0.920. The molecule has 120 valence electrons. The summed E-state index contributed by atoms with van der Waals surface area (Å²) in [6, 6.07) is 0.0603. The van der Waals surface area contributed by atoms with Crippen LogP contribution in [0.1, 0.15) is 62.5 Å². The predicted molar refractivity (Wildman–Crippen MR) is 80.3 cm³/mol. The zero-order valence-corrected chi connectivity index (χ0v) is 13.1. The lowest BCUT2D eigenvalue weighted by atomic mass is 9.85. The summed E-state index contributed by atoms with van der Waals surface area (Å²) >= 11 is 0. The molecule has 1 aliphatic heterocycles. The first-order valence-corrected chi connectivity index (χ1v) is 8.52. The van der Waals surface area contributed by atoms with Gasteiger partial charge in [-0.25, -0.2) is 0 Å². The first-order chi connectivity index (χ1) is 10.6. The summed E-state index contributed by atoms with van der Waals surface area (Å²) in [6.07, 6.45) is 7.98. The van der Waals surface area contributed by atoms with Crippen LogP contribution in [0.5, 0.6) is 0 Å². The van der Waals surface area contributed by atoms with Crippen LogP contribution >= 0.6 is 0 Å². The standard InChI is InChI=1S/C16H24N4O2/c1-19-14(17-18-15(19)10-6-7-10)9-20-12-5-3-2-4-11(12)8-13(20)16(21)22/h10-13H,2-9H2,1H3,(H,21,22). The van der Waals surface area contributed by atoms with Gasteiger partial charge in [0.05, 0.1) is 6.54 Å². The van der Waals surface area contributed by atoms with Gasteiger partial charge in [-0.2, -0.15) is 0 Å². The number of carboxylic acid groups (broad SMARTS) is 1. The monoisotopic (exact) mass is 304 g/mol. The van der Waals surface area contributed by atoms with Crippen molar-refractivity contribution in [2.45, 2.75) is 69.5 Å². The number of aliphatic carboxylic acids is 1. The molecule has 0 aromatic carbocycles. The van der Waals surface area contributed by atoms with Crippen molar-refractivity contribution in [1.29, 1.82) is 0 Å². The van der Waals surface area contributed by atoms with E-state index in [0.717, 1.165) is 24.5 Å². The van der Waals surface area contributed by atoms with E-state index in [9.17, 15) is 9.90 Å². The molecule has 1 aromatic heterocycles. The first kappa shape index (κ1) is 14.2. The Morgan fingerprint density at radius 2 is 2.00 bits per heavy atom. The van der Waals surface area contributed by atoms with E-state index in [1.165, 1.54) is 32.1 Å². The Morgan fingerprint density at radius 1 is 1.23 bits per heavy atom. The summed E-state index contributed by atoms with van der Waals surface area (Å²) < 4.78 is 2.09. The highest BCUT2D eigenvalue weighted by Gasteiger charge is 2.45. The third kappa shape index (κ3) is 2.33. The van der Waals surface area contributed by atoms with Crippen molar-refractivity contribution >= 4 is 5.97 Å². The molecular formula is C16H24N4O2. The molecule has 3 atom stereocenters. The van der Waals surface area contributed by atoms with Crippen molar-refractivity contribution in [1.82, 2.24) is 19.7 Å². The van der Waals surface area contributed by atoms with Gasteiger partial charge in [-0.3, -0.25) is 9.69 Å². The maximum Gasteiger partial charge on any atom is 0.320 e. The molecule has 4 rings (SSSR count). The fourth-order valence-electron chi connectivity index (χ4n) is 4.40. The Morgan fingerprint density at radius 3 is 2.73 bits per heavy atom. The van der Waals surface area contributed by atoms with Crippen molar-refractivity contribution in [2.75, 3.05) is 0 Å². The topological polar surface area (TPSA) is 71.2 Å². The Labute approximate surface area is 130 Å². The highest BCUT2D eigenvalue weighted by Crippen LogP contribution is 2.41. The van der Waals surface area contributed by atoms with Crippen molar-refractivity contribution in [2.24, 2.45) is 13.0 Å². The number of fused-ring (bicyclic) bond motifs is 1. The SMILES string of the molecule is Cn1c(CN2C(C(=O)O)CC3CCCCC32)nnc1C1CC1. The summed E-state index contributed by atoms with van der Waals surface area (Å²) in [5, 5.41) is 18.3. The summed E-state index contributed by atoms with van der Waals surface area (Å²) in [4.78, 5) is 13.9. The van der Waals surface area contributed by atoms with E-state index in [4.69, 9.17) is 0 Å². The smallest absolute Gasteiger partial charge is 0.320 e. The molecule has 0 radical (unpaired) electrons. The Balaban J connectivity index is 1.57. The van der Waals surface area contributed by atoms with E-state index in [2.05, 4.69) is 19.7 Å². The molecule has 2 aliphatic carbocycles. The van der Waals surface area contributed by atoms with Gasteiger partial charge in [0.1, 0.15) is 17.7 Å². The molecule has 1 N–H and O–H groups in total. The van der Waals surface area contributed by atoms with Crippen LogP contribution in [0.4, 0.5) is 0 Å². The summed E-state index contributed by atoms with van der Waals surface area (Å²) in [6.45, 7) is 0.619. The van der Waals surface area contributed by atoms with Crippen molar-refractivity contribution in [3.8, 4) is 0 Å². The maximum atomic E-state index is 11.7. The van der Waals surface area contributed by atoms with Gasteiger partial charge in [-0.15, -0.1) is 10.2 Å². The van der Waals surface area contributed by atoms with Crippen LogP contribution in [0, 0.1) is 5.92 Å². The molecule has 2 saturated carbocycles. The number of nitrogens with zero attached hydrogens (tertiary/aromatic N) is 4. The highest BCUT2D eigenvalue weighted by atomic mass is 16.4. The molecule has 3 unspecified atom stereocenters. The number of carboxylic acids is 1. The van der Waals surface area contributed by atoms with E-state index in [1.807, 2.05) is 7.05 Å². The molecule has 6 nitrogen and oxygen atoms in total. The number of hydrogen-bond donors (Lipinski definition) is 1. The molecule has 6 heteroatoms. The Bertz CT molecular complexity index is 581. The lowest BCUT2D eigenvalue weighted by Gasteiger charge is -2.32. The Kier molecular flexibility index (Phi) is 3.44. The average molecular weight is 304 g/mol. The van der Waals surface area contributed by atoms with Crippen LogP contribution in [0.15, 0.2) is 0 Å². The van der Waals surface area contributed by atoms with Crippen molar-refractivity contribution in [3.63, 3.8) is 0 Å². The van der Waals surface area contributed by atoms with Gasteiger partial charge in [0, 0.05) is 19.0 Å². The van der Waals surface area contributed by atoms with Gasteiger partial charge in [0.2, 0.25) is 0 Å². The van der Waals surface area contributed by atoms with E-state index in [-0.39, 0.29) is 6.04 Å². The largest absolute Gasteiger partial charge is 0.480 e. The zero-order valence-electron chi connectivity index (χ0n) is 13.1. The molecule has 0 spiro atoms. The lowest BCUT2D eigenvalue weighted by molar-refractivity contribution is -0.143. The summed E-state index contributed by atoms with van der Waals surface area (Å²) in [5.74, 6) is 2.42. The fourth-order valence-corrected chi connectivity index (χ4v) is 4.40. The summed E-state index contributed by atoms with van der Waals surface area (Å²) in [7, 11) is 2.02. The van der Waals surface area contributed by atoms with Gasteiger partial charge in [-0.05, 0) is 38.0 Å².